The predicted octanol–water partition coefficient (Wildman–Crippen LogP) is 1.62. The van der Waals surface area contributed by atoms with Crippen LogP contribution in [0.25, 0.3) is 0 Å². The van der Waals surface area contributed by atoms with E-state index in [1.54, 1.807) is 0 Å². The zero-order chi connectivity index (χ0) is 17.2. The van der Waals surface area contributed by atoms with Crippen molar-refractivity contribution in [2.45, 2.75) is 6.92 Å². The maximum absolute atomic E-state index is 9.10. The lowest BCUT2D eigenvalue weighted by molar-refractivity contribution is -0.159. The molecule has 0 radical (unpaired) electrons. The van der Waals surface area contributed by atoms with E-state index in [9.17, 15) is 0 Å². The SMILES string of the molecule is Cc1cc(Br)ccc1OCCN1CCOCC1.O=C(O)C(=O)O. The number of rotatable bonds is 4. The van der Waals surface area contributed by atoms with Crippen LogP contribution < -0.4 is 4.74 Å². The molecule has 2 rings (SSSR count). The first-order valence-corrected chi connectivity index (χ1v) is 7.84. The Bertz CT molecular complexity index is 519. The molecule has 0 amide bonds. The molecule has 0 spiro atoms. The van der Waals surface area contributed by atoms with Gasteiger partial charge in [-0.3, -0.25) is 4.90 Å². The summed E-state index contributed by atoms with van der Waals surface area (Å²) in [6.07, 6.45) is 0. The Morgan fingerprint density at radius 1 is 1.26 bits per heavy atom. The molecule has 0 aliphatic carbocycles. The first-order chi connectivity index (χ1) is 10.9. The van der Waals surface area contributed by atoms with Crippen molar-refractivity contribution >= 4 is 27.9 Å². The van der Waals surface area contributed by atoms with Gasteiger partial charge in [-0.25, -0.2) is 9.59 Å². The number of carboxylic acid groups (broad SMARTS) is 2. The van der Waals surface area contributed by atoms with E-state index in [0.717, 1.165) is 49.7 Å². The maximum atomic E-state index is 9.10. The van der Waals surface area contributed by atoms with Crippen LogP contribution >= 0.6 is 15.9 Å². The number of aryl methyl sites for hydroxylation is 1. The molecule has 2 N–H and O–H groups in total. The minimum absolute atomic E-state index is 0.739. The quantitative estimate of drug-likeness (QED) is 0.755. The second-order valence-electron chi connectivity index (χ2n) is 4.82. The van der Waals surface area contributed by atoms with Gasteiger partial charge in [-0.2, -0.15) is 0 Å². The predicted molar refractivity (Wildman–Crippen MR) is 86.9 cm³/mol. The van der Waals surface area contributed by atoms with Crippen LogP contribution in [0.5, 0.6) is 5.75 Å². The lowest BCUT2D eigenvalue weighted by Gasteiger charge is -2.26. The maximum Gasteiger partial charge on any atom is 0.414 e. The Morgan fingerprint density at radius 2 is 1.87 bits per heavy atom. The third-order valence-electron chi connectivity index (χ3n) is 3.09. The Morgan fingerprint density at radius 3 is 2.39 bits per heavy atom. The highest BCUT2D eigenvalue weighted by molar-refractivity contribution is 9.10. The van der Waals surface area contributed by atoms with Crippen LogP contribution in [-0.4, -0.2) is 66.5 Å². The zero-order valence-corrected chi connectivity index (χ0v) is 14.4. The molecule has 8 heteroatoms. The molecular formula is C15H20BrNO6. The number of carbonyl (C=O) groups is 2. The molecule has 23 heavy (non-hydrogen) atoms. The van der Waals surface area contributed by atoms with Crippen LogP contribution in [0.1, 0.15) is 5.56 Å². The van der Waals surface area contributed by atoms with Crippen molar-refractivity contribution in [2.24, 2.45) is 0 Å². The average Bonchev–Trinajstić information content (AvgIpc) is 2.51. The summed E-state index contributed by atoms with van der Waals surface area (Å²) in [6.45, 7) is 7.50. The summed E-state index contributed by atoms with van der Waals surface area (Å²) in [7, 11) is 0. The lowest BCUT2D eigenvalue weighted by Crippen LogP contribution is -2.38. The third kappa shape index (κ3) is 7.96. The fraction of sp³-hybridized carbons (Fsp3) is 0.467. The van der Waals surface area contributed by atoms with E-state index in [4.69, 9.17) is 29.3 Å². The molecule has 1 fully saturated rings. The number of nitrogens with zero attached hydrogens (tertiary/aromatic N) is 1. The highest BCUT2D eigenvalue weighted by atomic mass is 79.9. The number of benzene rings is 1. The molecule has 1 aromatic carbocycles. The molecule has 7 nitrogen and oxygen atoms in total. The van der Waals surface area contributed by atoms with Crippen LogP contribution in [0.3, 0.4) is 0 Å². The minimum atomic E-state index is -1.82. The van der Waals surface area contributed by atoms with E-state index < -0.39 is 11.9 Å². The third-order valence-corrected chi connectivity index (χ3v) is 3.58. The number of ether oxygens (including phenoxy) is 2. The molecule has 1 aliphatic rings. The smallest absolute Gasteiger partial charge is 0.414 e. The van der Waals surface area contributed by atoms with E-state index in [2.05, 4.69) is 33.8 Å². The monoisotopic (exact) mass is 389 g/mol. The van der Waals surface area contributed by atoms with E-state index in [1.807, 2.05) is 12.1 Å². The van der Waals surface area contributed by atoms with Gasteiger partial charge in [0.05, 0.1) is 13.2 Å². The molecular weight excluding hydrogens is 370 g/mol. The first-order valence-electron chi connectivity index (χ1n) is 7.05. The Labute approximate surface area is 142 Å². The topological polar surface area (TPSA) is 96.3 Å². The number of morpholine rings is 1. The van der Waals surface area contributed by atoms with Crippen molar-refractivity contribution in [3.05, 3.63) is 28.2 Å². The molecule has 0 atom stereocenters. The molecule has 128 valence electrons. The van der Waals surface area contributed by atoms with E-state index in [0.29, 0.717) is 0 Å². The van der Waals surface area contributed by atoms with Gasteiger partial charge in [0.25, 0.3) is 0 Å². The van der Waals surface area contributed by atoms with Gasteiger partial charge in [-0.1, -0.05) is 15.9 Å². The van der Waals surface area contributed by atoms with Crippen LogP contribution in [0, 0.1) is 6.92 Å². The molecule has 1 aromatic rings. The fourth-order valence-electron chi connectivity index (χ4n) is 1.88. The second-order valence-corrected chi connectivity index (χ2v) is 5.74. The Hall–Kier alpha value is -1.64. The lowest BCUT2D eigenvalue weighted by atomic mass is 10.2. The van der Waals surface area contributed by atoms with Crippen LogP contribution in [-0.2, 0) is 14.3 Å². The van der Waals surface area contributed by atoms with Crippen molar-refractivity contribution in [1.29, 1.82) is 0 Å². The first kappa shape index (κ1) is 19.4. The summed E-state index contributed by atoms with van der Waals surface area (Å²) >= 11 is 3.45. The van der Waals surface area contributed by atoms with Crippen molar-refractivity contribution in [3.8, 4) is 5.75 Å². The molecule has 1 saturated heterocycles. The Kier molecular flexibility index (Phi) is 8.60. The summed E-state index contributed by atoms with van der Waals surface area (Å²) < 4.78 is 12.2. The van der Waals surface area contributed by atoms with E-state index >= 15 is 0 Å². The summed E-state index contributed by atoms with van der Waals surface area (Å²) in [5.41, 5.74) is 1.17. The average molecular weight is 390 g/mol. The van der Waals surface area contributed by atoms with Gasteiger partial charge >= 0.3 is 11.9 Å². The summed E-state index contributed by atoms with van der Waals surface area (Å²) in [5, 5.41) is 14.8. The van der Waals surface area contributed by atoms with Gasteiger partial charge < -0.3 is 19.7 Å². The fourth-order valence-corrected chi connectivity index (χ4v) is 2.36. The summed E-state index contributed by atoms with van der Waals surface area (Å²) in [5.74, 6) is -2.67. The van der Waals surface area contributed by atoms with Gasteiger partial charge in [0, 0.05) is 24.1 Å². The van der Waals surface area contributed by atoms with Gasteiger partial charge in [0.1, 0.15) is 12.4 Å². The summed E-state index contributed by atoms with van der Waals surface area (Å²) in [4.78, 5) is 20.6. The van der Waals surface area contributed by atoms with Gasteiger partial charge in [-0.05, 0) is 30.7 Å². The molecule has 0 bridgehead atoms. The van der Waals surface area contributed by atoms with E-state index in [1.165, 1.54) is 5.56 Å². The number of carboxylic acids is 2. The highest BCUT2D eigenvalue weighted by Gasteiger charge is 2.10. The normalized spacial score (nSPS) is 14.5. The number of hydrogen-bond acceptors (Lipinski definition) is 5. The number of halogens is 1. The van der Waals surface area contributed by atoms with Crippen LogP contribution in [0.15, 0.2) is 22.7 Å². The largest absolute Gasteiger partial charge is 0.492 e. The van der Waals surface area contributed by atoms with Crippen LogP contribution in [0.2, 0.25) is 0 Å². The molecule has 0 aromatic heterocycles. The van der Waals surface area contributed by atoms with Crippen molar-refractivity contribution in [3.63, 3.8) is 0 Å². The Balaban J connectivity index is 0.000000379. The molecule has 1 aliphatic heterocycles. The molecule has 1 heterocycles. The van der Waals surface area contributed by atoms with Crippen LogP contribution in [0.4, 0.5) is 0 Å². The number of aliphatic carboxylic acids is 2. The van der Waals surface area contributed by atoms with Crippen molar-refractivity contribution in [1.82, 2.24) is 4.90 Å². The van der Waals surface area contributed by atoms with Crippen molar-refractivity contribution in [2.75, 3.05) is 39.5 Å². The van der Waals surface area contributed by atoms with Gasteiger partial charge in [0.2, 0.25) is 0 Å². The molecule has 0 saturated carbocycles. The summed E-state index contributed by atoms with van der Waals surface area (Å²) in [6, 6.07) is 6.10. The standard InChI is InChI=1S/C13H18BrNO2.C2H2O4/c1-11-10-12(14)2-3-13(11)17-9-6-15-4-7-16-8-5-15;3-1(4)2(5)6/h2-3,10H,4-9H2,1H3;(H,3,4)(H,5,6). The van der Waals surface area contributed by atoms with Gasteiger partial charge in [-0.15, -0.1) is 0 Å². The second kappa shape index (κ2) is 10.2. The zero-order valence-electron chi connectivity index (χ0n) is 12.8. The van der Waals surface area contributed by atoms with Gasteiger partial charge in [0.15, 0.2) is 0 Å². The molecule has 0 unspecified atom stereocenters. The minimum Gasteiger partial charge on any atom is -0.492 e. The van der Waals surface area contributed by atoms with Crippen molar-refractivity contribution < 1.29 is 29.3 Å². The van der Waals surface area contributed by atoms with E-state index in [-0.39, 0.29) is 0 Å². The number of hydrogen-bond donors (Lipinski definition) is 2. The highest BCUT2D eigenvalue weighted by Crippen LogP contribution is 2.22.